The summed E-state index contributed by atoms with van der Waals surface area (Å²) in [5.41, 5.74) is 1.34. The summed E-state index contributed by atoms with van der Waals surface area (Å²) < 4.78 is 38.7. The van der Waals surface area contributed by atoms with Crippen molar-refractivity contribution in [1.82, 2.24) is 19.9 Å². The zero-order valence-electron chi connectivity index (χ0n) is 19.9. The van der Waals surface area contributed by atoms with Gasteiger partial charge in [-0.2, -0.15) is 4.98 Å². The summed E-state index contributed by atoms with van der Waals surface area (Å²) in [4.78, 5) is 17.7. The van der Waals surface area contributed by atoms with Crippen LogP contribution < -0.4 is 15.0 Å². The van der Waals surface area contributed by atoms with E-state index >= 15 is 0 Å². The van der Waals surface area contributed by atoms with Gasteiger partial charge in [0.15, 0.2) is 0 Å². The first-order chi connectivity index (χ1) is 16.9. The fourth-order valence-electron chi connectivity index (χ4n) is 4.38. The number of aromatic nitrogens is 3. The Morgan fingerprint density at radius 3 is 2.60 bits per heavy atom. The van der Waals surface area contributed by atoms with Crippen molar-refractivity contribution < 1.29 is 17.9 Å². The van der Waals surface area contributed by atoms with Gasteiger partial charge < -0.3 is 14.1 Å². The first-order valence-electron chi connectivity index (χ1n) is 11.8. The number of fused-ring (bicyclic) bond motifs is 1. The van der Waals surface area contributed by atoms with Gasteiger partial charge in [-0.15, -0.1) is 0 Å². The highest BCUT2D eigenvalue weighted by Crippen LogP contribution is 2.34. The Morgan fingerprint density at radius 2 is 1.91 bits per heavy atom. The molecule has 1 N–H and O–H groups in total. The van der Waals surface area contributed by atoms with Gasteiger partial charge in [0.2, 0.25) is 5.95 Å². The molecular formula is C25H28F2N6O2. The molecule has 1 aromatic carbocycles. The number of aryl methyl sites for hydroxylation is 1. The number of oxazole rings is 1. The van der Waals surface area contributed by atoms with Gasteiger partial charge in [0.1, 0.15) is 17.3 Å². The number of likely N-dealkylation sites (tertiary alicyclic amines) is 1. The highest BCUT2D eigenvalue weighted by Gasteiger charge is 2.35. The first-order valence-corrected chi connectivity index (χ1v) is 11.8. The monoisotopic (exact) mass is 482 g/mol. The molecule has 0 bridgehead atoms. The molecule has 0 aliphatic carbocycles. The maximum atomic E-state index is 13.7. The number of benzene rings is 1. The standard InChI is InChI=1S/C25H28F2N6O2/c1-17-16-28-24(35-17)31-22-19-15-21(34-2)18(6-5-11-32-9-3-4-10-32)14-20(19)29-23(30-22)33-12-7-25(26,27)8-13-33/h14-16H,3-4,7-13H2,1-2H3,(H,28,29,30,31). The van der Waals surface area contributed by atoms with Crippen molar-refractivity contribution in [2.45, 2.75) is 38.5 Å². The van der Waals surface area contributed by atoms with E-state index in [1.165, 1.54) is 12.8 Å². The van der Waals surface area contributed by atoms with Crippen molar-refractivity contribution in [2.24, 2.45) is 0 Å². The van der Waals surface area contributed by atoms with Gasteiger partial charge in [-0.25, -0.2) is 18.7 Å². The van der Waals surface area contributed by atoms with Crippen LogP contribution in [0.1, 0.15) is 37.0 Å². The van der Waals surface area contributed by atoms with Crippen LogP contribution in [0.3, 0.4) is 0 Å². The Kier molecular flexibility index (Phi) is 6.43. The maximum absolute atomic E-state index is 13.7. The fraction of sp³-hybridized carbons (Fsp3) is 0.480. The third kappa shape index (κ3) is 5.30. The minimum Gasteiger partial charge on any atom is -0.495 e. The molecule has 3 aromatic rings. The molecule has 184 valence electrons. The van der Waals surface area contributed by atoms with Crippen LogP contribution in [-0.2, 0) is 0 Å². The van der Waals surface area contributed by atoms with Crippen LogP contribution in [0.4, 0.5) is 26.6 Å². The number of hydrogen-bond donors (Lipinski definition) is 1. The number of hydrogen-bond acceptors (Lipinski definition) is 8. The molecule has 0 amide bonds. The number of alkyl halides is 2. The lowest BCUT2D eigenvalue weighted by molar-refractivity contribution is -0.0222. The van der Waals surface area contributed by atoms with Crippen molar-refractivity contribution in [2.75, 3.05) is 50.1 Å². The van der Waals surface area contributed by atoms with E-state index in [2.05, 4.69) is 32.0 Å². The Bertz CT molecular complexity index is 1270. The zero-order chi connectivity index (χ0) is 24.4. The molecule has 0 saturated carbocycles. The first kappa shape index (κ1) is 23.3. The summed E-state index contributed by atoms with van der Waals surface area (Å²) in [5, 5.41) is 3.80. The molecule has 0 spiro atoms. The quantitative estimate of drug-likeness (QED) is 0.538. The van der Waals surface area contributed by atoms with Gasteiger partial charge in [0.05, 0.1) is 30.9 Å². The zero-order valence-corrected chi connectivity index (χ0v) is 19.9. The predicted molar refractivity (Wildman–Crippen MR) is 130 cm³/mol. The molecule has 4 heterocycles. The fourth-order valence-corrected chi connectivity index (χ4v) is 4.38. The van der Waals surface area contributed by atoms with E-state index in [0.29, 0.717) is 46.3 Å². The van der Waals surface area contributed by atoms with Gasteiger partial charge in [-0.05, 0) is 45.0 Å². The number of halogens is 2. The smallest absolute Gasteiger partial charge is 0.300 e. The number of methoxy groups -OCH3 is 1. The van der Waals surface area contributed by atoms with E-state index in [9.17, 15) is 8.78 Å². The number of piperidine rings is 1. The Morgan fingerprint density at radius 1 is 1.14 bits per heavy atom. The Labute approximate surface area is 202 Å². The average molecular weight is 483 g/mol. The van der Waals surface area contributed by atoms with Crippen molar-refractivity contribution in [3.63, 3.8) is 0 Å². The van der Waals surface area contributed by atoms with Gasteiger partial charge in [-0.1, -0.05) is 11.8 Å². The number of ether oxygens (including phenoxy) is 1. The topological polar surface area (TPSA) is 79.5 Å². The number of rotatable bonds is 5. The second-order valence-electron chi connectivity index (χ2n) is 8.97. The second-order valence-corrected chi connectivity index (χ2v) is 8.97. The van der Waals surface area contributed by atoms with Crippen molar-refractivity contribution in [3.8, 4) is 17.6 Å². The Hall–Kier alpha value is -3.45. The van der Waals surface area contributed by atoms with Gasteiger partial charge >= 0.3 is 0 Å². The summed E-state index contributed by atoms with van der Waals surface area (Å²) in [5.74, 6) is 5.90. The summed E-state index contributed by atoms with van der Waals surface area (Å²) in [6.07, 6.45) is 3.57. The van der Waals surface area contributed by atoms with E-state index < -0.39 is 5.92 Å². The van der Waals surface area contributed by atoms with Crippen LogP contribution >= 0.6 is 0 Å². The SMILES string of the molecule is COc1cc2c(Nc3ncc(C)o3)nc(N3CCC(F)(F)CC3)nc2cc1C#CCN1CCCC1. The largest absolute Gasteiger partial charge is 0.495 e. The summed E-state index contributed by atoms with van der Waals surface area (Å²) in [7, 11) is 1.60. The Balaban J connectivity index is 1.53. The number of anilines is 3. The van der Waals surface area contributed by atoms with Crippen LogP contribution in [0.5, 0.6) is 5.75 Å². The molecule has 2 aromatic heterocycles. The molecule has 0 radical (unpaired) electrons. The lowest BCUT2D eigenvalue weighted by Gasteiger charge is -2.32. The highest BCUT2D eigenvalue weighted by molar-refractivity contribution is 5.93. The highest BCUT2D eigenvalue weighted by atomic mass is 19.3. The van der Waals surface area contributed by atoms with Crippen LogP contribution in [0.25, 0.3) is 10.9 Å². The molecule has 2 saturated heterocycles. The van der Waals surface area contributed by atoms with E-state index in [4.69, 9.17) is 14.1 Å². The third-order valence-corrected chi connectivity index (χ3v) is 6.35. The van der Waals surface area contributed by atoms with E-state index in [-0.39, 0.29) is 31.9 Å². The molecule has 2 aliphatic rings. The molecule has 5 rings (SSSR count). The molecule has 2 fully saturated rings. The maximum Gasteiger partial charge on any atom is 0.300 e. The minimum absolute atomic E-state index is 0.175. The van der Waals surface area contributed by atoms with Crippen molar-refractivity contribution >= 4 is 28.7 Å². The molecule has 35 heavy (non-hydrogen) atoms. The van der Waals surface area contributed by atoms with Crippen molar-refractivity contribution in [1.29, 1.82) is 0 Å². The van der Waals surface area contributed by atoms with Crippen LogP contribution in [0, 0.1) is 18.8 Å². The molecule has 0 unspecified atom stereocenters. The van der Waals surface area contributed by atoms with Crippen molar-refractivity contribution in [3.05, 3.63) is 29.7 Å². The number of nitrogens with one attached hydrogen (secondary N) is 1. The van der Waals surface area contributed by atoms with Gasteiger partial charge in [0, 0.05) is 31.3 Å². The average Bonchev–Trinajstić information content (AvgIpc) is 3.50. The molecule has 10 heteroatoms. The molecular weight excluding hydrogens is 454 g/mol. The number of nitrogens with zero attached hydrogens (tertiary/aromatic N) is 5. The van der Waals surface area contributed by atoms with Crippen LogP contribution in [0.2, 0.25) is 0 Å². The van der Waals surface area contributed by atoms with E-state index in [0.717, 1.165) is 13.1 Å². The minimum atomic E-state index is -2.66. The van der Waals surface area contributed by atoms with E-state index in [1.807, 2.05) is 12.1 Å². The predicted octanol–water partition coefficient (Wildman–Crippen LogP) is 4.36. The van der Waals surface area contributed by atoms with Gasteiger partial charge in [-0.3, -0.25) is 10.2 Å². The summed E-state index contributed by atoms with van der Waals surface area (Å²) in [6.45, 7) is 5.00. The summed E-state index contributed by atoms with van der Waals surface area (Å²) in [6, 6.07) is 3.98. The normalized spacial score (nSPS) is 17.9. The van der Waals surface area contributed by atoms with E-state index in [1.54, 1.807) is 25.1 Å². The van der Waals surface area contributed by atoms with Gasteiger partial charge in [0.25, 0.3) is 11.9 Å². The summed E-state index contributed by atoms with van der Waals surface area (Å²) >= 11 is 0. The van der Waals surface area contributed by atoms with Crippen LogP contribution in [-0.4, -0.2) is 65.6 Å². The third-order valence-electron chi connectivity index (χ3n) is 6.35. The molecule has 2 aliphatic heterocycles. The van der Waals surface area contributed by atoms with Crippen LogP contribution in [0.15, 0.2) is 22.7 Å². The molecule has 0 atom stereocenters. The lowest BCUT2D eigenvalue weighted by atomic mass is 10.1. The second kappa shape index (κ2) is 9.66. The lowest BCUT2D eigenvalue weighted by Crippen LogP contribution is -2.40. The molecule has 8 nitrogen and oxygen atoms in total.